The molecule has 0 saturated heterocycles. The van der Waals surface area contributed by atoms with E-state index >= 15 is 0 Å². The highest BCUT2D eigenvalue weighted by Crippen LogP contribution is 2.11. The molecule has 2 aromatic rings. The molecule has 1 aromatic heterocycles. The number of anilines is 1. The average Bonchev–Trinajstić information content (AvgIpc) is 2.49. The van der Waals surface area contributed by atoms with E-state index in [1.54, 1.807) is 0 Å². The van der Waals surface area contributed by atoms with E-state index in [0.717, 1.165) is 12.2 Å². The van der Waals surface area contributed by atoms with Gasteiger partial charge >= 0.3 is 0 Å². The first-order valence-corrected chi connectivity index (χ1v) is 5.01. The zero-order chi connectivity index (χ0) is 10.8. The van der Waals surface area contributed by atoms with Crippen molar-refractivity contribution in [3.63, 3.8) is 0 Å². The molecule has 0 unspecified atom stereocenters. The van der Waals surface area contributed by atoms with Gasteiger partial charge in [-0.3, -0.25) is 4.68 Å². The summed E-state index contributed by atoms with van der Waals surface area (Å²) in [5.74, 6) is 0.584. The van der Waals surface area contributed by atoms with E-state index in [1.165, 1.54) is 11.1 Å². The Labute approximate surface area is 89.5 Å². The molecule has 1 heterocycles. The number of nitrogens with two attached hydrogens (primary N) is 1. The van der Waals surface area contributed by atoms with Crippen LogP contribution < -0.4 is 5.73 Å². The van der Waals surface area contributed by atoms with E-state index in [9.17, 15) is 0 Å². The Balaban J connectivity index is 2.29. The minimum atomic E-state index is 0.584. The molecule has 0 aliphatic rings. The second kappa shape index (κ2) is 3.77. The van der Waals surface area contributed by atoms with E-state index in [-0.39, 0.29) is 0 Å². The molecule has 78 valence electrons. The third-order valence-corrected chi connectivity index (χ3v) is 2.58. The lowest BCUT2D eigenvalue weighted by Crippen LogP contribution is -2.05. The van der Waals surface area contributed by atoms with Crippen LogP contribution in [0.5, 0.6) is 0 Å². The molecular formula is C12H15N3. The average molecular weight is 201 g/mol. The van der Waals surface area contributed by atoms with Gasteiger partial charge in [-0.2, -0.15) is 5.10 Å². The topological polar surface area (TPSA) is 43.8 Å². The second-order valence-corrected chi connectivity index (χ2v) is 3.79. The standard InChI is InChI=1S/C12H15N3/c1-9-5-3-4-6-11(9)8-15-10(2)7-12(13)14-15/h3-7H,8H2,1-2H3,(H2,13,14). The minimum Gasteiger partial charge on any atom is -0.382 e. The fourth-order valence-corrected chi connectivity index (χ4v) is 1.64. The Morgan fingerprint density at radius 1 is 1.27 bits per heavy atom. The van der Waals surface area contributed by atoms with Crippen LogP contribution >= 0.6 is 0 Å². The fraction of sp³-hybridized carbons (Fsp3) is 0.250. The molecule has 0 aliphatic heterocycles. The summed E-state index contributed by atoms with van der Waals surface area (Å²) in [5, 5.41) is 4.24. The molecular weight excluding hydrogens is 186 g/mol. The molecule has 0 bridgehead atoms. The van der Waals surface area contributed by atoms with Crippen molar-refractivity contribution >= 4 is 5.82 Å². The van der Waals surface area contributed by atoms with Crippen molar-refractivity contribution in [3.8, 4) is 0 Å². The van der Waals surface area contributed by atoms with Crippen LogP contribution in [-0.4, -0.2) is 9.78 Å². The minimum absolute atomic E-state index is 0.584. The highest BCUT2D eigenvalue weighted by molar-refractivity contribution is 5.31. The Kier molecular flexibility index (Phi) is 2.46. The van der Waals surface area contributed by atoms with E-state index < -0.39 is 0 Å². The summed E-state index contributed by atoms with van der Waals surface area (Å²) in [6, 6.07) is 10.2. The van der Waals surface area contributed by atoms with Crippen molar-refractivity contribution in [2.45, 2.75) is 20.4 Å². The zero-order valence-electron chi connectivity index (χ0n) is 9.07. The van der Waals surface area contributed by atoms with Crippen LogP contribution in [0.25, 0.3) is 0 Å². The molecule has 0 spiro atoms. The van der Waals surface area contributed by atoms with Gasteiger partial charge in [0.05, 0.1) is 6.54 Å². The van der Waals surface area contributed by atoms with Gasteiger partial charge in [-0.25, -0.2) is 0 Å². The smallest absolute Gasteiger partial charge is 0.145 e. The number of hydrogen-bond acceptors (Lipinski definition) is 2. The molecule has 0 amide bonds. The quantitative estimate of drug-likeness (QED) is 0.808. The first-order chi connectivity index (χ1) is 7.16. The van der Waals surface area contributed by atoms with Crippen molar-refractivity contribution in [3.05, 3.63) is 47.2 Å². The summed E-state index contributed by atoms with van der Waals surface area (Å²) in [5.41, 5.74) is 9.30. The maximum Gasteiger partial charge on any atom is 0.145 e. The molecule has 2 N–H and O–H groups in total. The van der Waals surface area contributed by atoms with Crippen LogP contribution in [0.15, 0.2) is 30.3 Å². The molecule has 1 aromatic carbocycles. The summed E-state index contributed by atoms with van der Waals surface area (Å²) in [7, 11) is 0. The van der Waals surface area contributed by atoms with Crippen molar-refractivity contribution in [1.29, 1.82) is 0 Å². The zero-order valence-corrected chi connectivity index (χ0v) is 9.07. The van der Waals surface area contributed by atoms with Crippen LogP contribution in [-0.2, 0) is 6.54 Å². The predicted octanol–water partition coefficient (Wildman–Crippen LogP) is 2.13. The number of aromatic nitrogens is 2. The molecule has 0 radical (unpaired) electrons. The molecule has 0 fully saturated rings. The van der Waals surface area contributed by atoms with Gasteiger partial charge < -0.3 is 5.73 Å². The van der Waals surface area contributed by atoms with Crippen LogP contribution in [0.3, 0.4) is 0 Å². The predicted molar refractivity (Wildman–Crippen MR) is 61.7 cm³/mol. The molecule has 0 atom stereocenters. The van der Waals surface area contributed by atoms with Gasteiger partial charge in [-0.05, 0) is 25.0 Å². The van der Waals surface area contributed by atoms with Gasteiger partial charge in [0.25, 0.3) is 0 Å². The molecule has 3 heteroatoms. The van der Waals surface area contributed by atoms with E-state index in [1.807, 2.05) is 29.8 Å². The van der Waals surface area contributed by atoms with Gasteiger partial charge in [0.15, 0.2) is 0 Å². The second-order valence-electron chi connectivity index (χ2n) is 3.79. The van der Waals surface area contributed by atoms with Crippen molar-refractivity contribution < 1.29 is 0 Å². The van der Waals surface area contributed by atoms with E-state index in [4.69, 9.17) is 5.73 Å². The van der Waals surface area contributed by atoms with Crippen molar-refractivity contribution in [2.24, 2.45) is 0 Å². The van der Waals surface area contributed by atoms with E-state index in [2.05, 4.69) is 24.2 Å². The Morgan fingerprint density at radius 3 is 2.60 bits per heavy atom. The summed E-state index contributed by atoms with van der Waals surface area (Å²) >= 11 is 0. The number of nitrogens with zero attached hydrogens (tertiary/aromatic N) is 2. The molecule has 0 aliphatic carbocycles. The highest BCUT2D eigenvalue weighted by Gasteiger charge is 2.03. The molecule has 15 heavy (non-hydrogen) atoms. The SMILES string of the molecule is Cc1ccccc1Cn1nc(N)cc1C. The monoisotopic (exact) mass is 201 g/mol. The normalized spacial score (nSPS) is 10.5. The Bertz CT molecular complexity index is 471. The molecule has 3 nitrogen and oxygen atoms in total. The highest BCUT2D eigenvalue weighted by atomic mass is 15.3. The molecule has 0 saturated carbocycles. The van der Waals surface area contributed by atoms with Crippen LogP contribution in [0.2, 0.25) is 0 Å². The Morgan fingerprint density at radius 2 is 2.00 bits per heavy atom. The van der Waals surface area contributed by atoms with E-state index in [0.29, 0.717) is 5.82 Å². The Hall–Kier alpha value is -1.77. The van der Waals surface area contributed by atoms with Crippen LogP contribution in [0.4, 0.5) is 5.82 Å². The first kappa shape index (κ1) is 9.77. The summed E-state index contributed by atoms with van der Waals surface area (Å²) in [4.78, 5) is 0. The summed E-state index contributed by atoms with van der Waals surface area (Å²) in [6.07, 6.45) is 0. The summed E-state index contributed by atoms with van der Waals surface area (Å²) in [6.45, 7) is 4.91. The lowest BCUT2D eigenvalue weighted by Gasteiger charge is -2.07. The first-order valence-electron chi connectivity index (χ1n) is 5.01. The summed E-state index contributed by atoms with van der Waals surface area (Å²) < 4.78 is 1.93. The van der Waals surface area contributed by atoms with Gasteiger partial charge in [0.2, 0.25) is 0 Å². The van der Waals surface area contributed by atoms with Crippen LogP contribution in [0.1, 0.15) is 16.8 Å². The number of hydrogen-bond donors (Lipinski definition) is 1. The van der Waals surface area contributed by atoms with Gasteiger partial charge in [0, 0.05) is 11.8 Å². The number of aryl methyl sites for hydroxylation is 2. The third-order valence-electron chi connectivity index (χ3n) is 2.58. The lowest BCUT2D eigenvalue weighted by atomic mass is 10.1. The van der Waals surface area contributed by atoms with Gasteiger partial charge in [-0.15, -0.1) is 0 Å². The number of nitrogen functional groups attached to an aromatic ring is 1. The van der Waals surface area contributed by atoms with Crippen molar-refractivity contribution in [1.82, 2.24) is 9.78 Å². The largest absolute Gasteiger partial charge is 0.382 e. The fourth-order valence-electron chi connectivity index (χ4n) is 1.64. The van der Waals surface area contributed by atoms with Gasteiger partial charge in [-0.1, -0.05) is 24.3 Å². The molecule has 2 rings (SSSR count). The number of rotatable bonds is 2. The van der Waals surface area contributed by atoms with Crippen LogP contribution in [0, 0.1) is 13.8 Å². The maximum atomic E-state index is 5.64. The lowest BCUT2D eigenvalue weighted by molar-refractivity contribution is 0.665. The third kappa shape index (κ3) is 2.01. The number of benzene rings is 1. The maximum absolute atomic E-state index is 5.64. The van der Waals surface area contributed by atoms with Crippen molar-refractivity contribution in [2.75, 3.05) is 5.73 Å². The van der Waals surface area contributed by atoms with Gasteiger partial charge in [0.1, 0.15) is 5.82 Å².